The average Bonchev–Trinajstić information content (AvgIpc) is 2.67. The van der Waals surface area contributed by atoms with Gasteiger partial charge in [-0.25, -0.2) is 12.7 Å². The van der Waals surface area contributed by atoms with Crippen LogP contribution in [0, 0.1) is 0 Å². The zero-order chi connectivity index (χ0) is 18.6. The molecule has 0 bridgehead atoms. The SMILES string of the molecule is CN(C)S(=O)(=O)c1cccc(CNc2ccccc2N2CCCCC2)c1. The second-order valence-corrected chi connectivity index (χ2v) is 9.01. The quantitative estimate of drug-likeness (QED) is 0.841. The van der Waals surface area contributed by atoms with E-state index in [1.165, 1.54) is 29.3 Å². The van der Waals surface area contributed by atoms with Crippen LogP contribution in [0.2, 0.25) is 0 Å². The minimum Gasteiger partial charge on any atom is -0.379 e. The second kappa shape index (κ2) is 8.10. The Morgan fingerprint density at radius 3 is 2.46 bits per heavy atom. The maximum Gasteiger partial charge on any atom is 0.242 e. The van der Waals surface area contributed by atoms with Crippen LogP contribution in [0.25, 0.3) is 0 Å². The molecule has 1 N–H and O–H groups in total. The molecule has 6 heteroatoms. The van der Waals surface area contributed by atoms with E-state index in [2.05, 4.69) is 28.4 Å². The van der Waals surface area contributed by atoms with Gasteiger partial charge in [0.25, 0.3) is 0 Å². The van der Waals surface area contributed by atoms with Gasteiger partial charge >= 0.3 is 0 Å². The third kappa shape index (κ3) is 4.19. The van der Waals surface area contributed by atoms with Gasteiger partial charge in [0.2, 0.25) is 10.0 Å². The van der Waals surface area contributed by atoms with E-state index in [9.17, 15) is 8.42 Å². The van der Waals surface area contributed by atoms with Gasteiger partial charge in [0.1, 0.15) is 0 Å². The number of benzene rings is 2. The van der Waals surface area contributed by atoms with E-state index in [-0.39, 0.29) is 0 Å². The maximum atomic E-state index is 12.3. The molecule has 2 aromatic rings. The fraction of sp³-hybridized carbons (Fsp3) is 0.400. The zero-order valence-corrected chi connectivity index (χ0v) is 16.3. The molecule has 0 saturated carbocycles. The first kappa shape index (κ1) is 18.7. The predicted octanol–water partition coefficient (Wildman–Crippen LogP) is 3.54. The van der Waals surface area contributed by atoms with Gasteiger partial charge in [-0.1, -0.05) is 24.3 Å². The number of hydrogen-bond donors (Lipinski definition) is 1. The Morgan fingerprint density at radius 2 is 1.73 bits per heavy atom. The summed E-state index contributed by atoms with van der Waals surface area (Å²) in [6.07, 6.45) is 3.77. The highest BCUT2D eigenvalue weighted by Crippen LogP contribution is 2.28. The van der Waals surface area contributed by atoms with Crippen molar-refractivity contribution in [3.05, 3.63) is 54.1 Å². The van der Waals surface area contributed by atoms with Crippen LogP contribution in [0.1, 0.15) is 24.8 Å². The molecule has 0 radical (unpaired) electrons. The summed E-state index contributed by atoms with van der Waals surface area (Å²) in [5.74, 6) is 0. The number of nitrogens with one attached hydrogen (secondary N) is 1. The van der Waals surface area contributed by atoms with Crippen LogP contribution < -0.4 is 10.2 Å². The first-order valence-corrected chi connectivity index (χ1v) is 10.5. The third-order valence-electron chi connectivity index (χ3n) is 4.76. The Labute approximate surface area is 156 Å². The van der Waals surface area contributed by atoms with Crippen LogP contribution in [-0.4, -0.2) is 39.9 Å². The molecule has 1 saturated heterocycles. The summed E-state index contributed by atoms with van der Waals surface area (Å²) in [7, 11) is -0.309. The van der Waals surface area contributed by atoms with Crippen molar-refractivity contribution >= 4 is 21.4 Å². The summed E-state index contributed by atoms with van der Waals surface area (Å²) in [5, 5.41) is 3.48. The Kier molecular flexibility index (Phi) is 5.84. The van der Waals surface area contributed by atoms with E-state index in [0.29, 0.717) is 11.4 Å². The Morgan fingerprint density at radius 1 is 1.00 bits per heavy atom. The highest BCUT2D eigenvalue weighted by Gasteiger charge is 2.17. The molecule has 1 heterocycles. The summed E-state index contributed by atoms with van der Waals surface area (Å²) in [6, 6.07) is 15.5. The van der Waals surface area contributed by atoms with Crippen molar-refractivity contribution in [1.29, 1.82) is 0 Å². The van der Waals surface area contributed by atoms with E-state index in [1.54, 1.807) is 32.3 Å². The van der Waals surface area contributed by atoms with Crippen LogP contribution in [-0.2, 0) is 16.6 Å². The Bertz CT molecular complexity index is 844. The zero-order valence-electron chi connectivity index (χ0n) is 15.5. The van der Waals surface area contributed by atoms with Crippen molar-refractivity contribution in [2.45, 2.75) is 30.7 Å². The molecule has 0 atom stereocenters. The average molecular weight is 374 g/mol. The molecule has 26 heavy (non-hydrogen) atoms. The molecule has 1 fully saturated rings. The van der Waals surface area contributed by atoms with Crippen LogP contribution in [0.3, 0.4) is 0 Å². The minimum atomic E-state index is -3.41. The number of rotatable bonds is 6. The number of sulfonamides is 1. The molecule has 0 amide bonds. The molecular weight excluding hydrogens is 346 g/mol. The first-order valence-electron chi connectivity index (χ1n) is 9.08. The topological polar surface area (TPSA) is 52.7 Å². The van der Waals surface area contributed by atoms with Crippen LogP contribution >= 0.6 is 0 Å². The standard InChI is InChI=1S/C20H27N3O2S/c1-22(2)26(24,25)18-10-8-9-17(15-18)16-21-19-11-4-5-12-20(19)23-13-6-3-7-14-23/h4-5,8-12,15,21H,3,6-7,13-14,16H2,1-2H3. The molecule has 0 spiro atoms. The van der Waals surface area contributed by atoms with Gasteiger partial charge in [0.05, 0.1) is 16.3 Å². The monoisotopic (exact) mass is 373 g/mol. The summed E-state index contributed by atoms with van der Waals surface area (Å²) in [4.78, 5) is 2.75. The van der Waals surface area contributed by atoms with Gasteiger partial charge in [-0.15, -0.1) is 0 Å². The highest BCUT2D eigenvalue weighted by molar-refractivity contribution is 7.89. The van der Waals surface area contributed by atoms with Gasteiger partial charge in [-0.05, 0) is 49.1 Å². The fourth-order valence-corrected chi connectivity index (χ4v) is 4.23. The van der Waals surface area contributed by atoms with Crippen LogP contribution in [0.4, 0.5) is 11.4 Å². The molecule has 3 rings (SSSR count). The minimum absolute atomic E-state index is 0.325. The molecule has 0 aromatic heterocycles. The first-order chi connectivity index (χ1) is 12.5. The molecule has 1 aliphatic heterocycles. The lowest BCUT2D eigenvalue weighted by Crippen LogP contribution is -2.30. The largest absolute Gasteiger partial charge is 0.379 e. The molecule has 5 nitrogen and oxygen atoms in total. The molecule has 2 aromatic carbocycles. The summed E-state index contributed by atoms with van der Waals surface area (Å²) < 4.78 is 25.9. The lowest BCUT2D eigenvalue weighted by molar-refractivity contribution is 0.520. The third-order valence-corrected chi connectivity index (χ3v) is 6.57. The maximum absolute atomic E-state index is 12.3. The lowest BCUT2D eigenvalue weighted by Gasteiger charge is -2.30. The number of anilines is 2. The van der Waals surface area contributed by atoms with E-state index in [0.717, 1.165) is 24.3 Å². The van der Waals surface area contributed by atoms with Gasteiger partial charge in [-0.2, -0.15) is 0 Å². The summed E-state index contributed by atoms with van der Waals surface area (Å²) in [5.41, 5.74) is 3.26. The van der Waals surface area contributed by atoms with Crippen molar-refractivity contribution in [2.24, 2.45) is 0 Å². The number of para-hydroxylation sites is 2. The predicted molar refractivity (Wildman–Crippen MR) is 107 cm³/mol. The fourth-order valence-electron chi connectivity index (χ4n) is 3.26. The van der Waals surface area contributed by atoms with Gasteiger partial charge < -0.3 is 10.2 Å². The van der Waals surface area contributed by atoms with Crippen molar-refractivity contribution in [3.63, 3.8) is 0 Å². The van der Waals surface area contributed by atoms with Crippen LogP contribution in [0.15, 0.2) is 53.4 Å². The lowest BCUT2D eigenvalue weighted by atomic mass is 10.1. The van der Waals surface area contributed by atoms with Crippen molar-refractivity contribution in [1.82, 2.24) is 4.31 Å². The molecule has 0 aliphatic carbocycles. The van der Waals surface area contributed by atoms with Crippen LogP contribution in [0.5, 0.6) is 0 Å². The van der Waals surface area contributed by atoms with Gasteiger partial charge in [0.15, 0.2) is 0 Å². The van der Waals surface area contributed by atoms with Gasteiger partial charge in [-0.3, -0.25) is 0 Å². The Balaban J connectivity index is 1.76. The Hall–Kier alpha value is -2.05. The summed E-state index contributed by atoms with van der Waals surface area (Å²) in [6.45, 7) is 2.77. The number of piperidine rings is 1. The van der Waals surface area contributed by atoms with Crippen molar-refractivity contribution in [2.75, 3.05) is 37.4 Å². The highest BCUT2D eigenvalue weighted by atomic mass is 32.2. The normalized spacial score (nSPS) is 15.3. The van der Waals surface area contributed by atoms with Gasteiger partial charge in [0, 0.05) is 33.7 Å². The molecular formula is C20H27N3O2S. The van der Waals surface area contributed by atoms with E-state index in [1.807, 2.05) is 12.1 Å². The smallest absolute Gasteiger partial charge is 0.242 e. The molecule has 0 unspecified atom stereocenters. The van der Waals surface area contributed by atoms with E-state index in [4.69, 9.17) is 0 Å². The summed E-state index contributed by atoms with van der Waals surface area (Å²) >= 11 is 0. The van der Waals surface area contributed by atoms with Crippen molar-refractivity contribution < 1.29 is 8.42 Å². The molecule has 140 valence electrons. The van der Waals surface area contributed by atoms with E-state index >= 15 is 0 Å². The van der Waals surface area contributed by atoms with Crippen molar-refractivity contribution in [3.8, 4) is 0 Å². The molecule has 1 aliphatic rings. The number of hydrogen-bond acceptors (Lipinski definition) is 4. The second-order valence-electron chi connectivity index (χ2n) is 6.85. The number of nitrogens with zero attached hydrogens (tertiary/aromatic N) is 2. The van der Waals surface area contributed by atoms with E-state index < -0.39 is 10.0 Å².